The zero-order valence-corrected chi connectivity index (χ0v) is 25.9. The number of aliphatic carboxylic acids is 1. The van der Waals surface area contributed by atoms with Gasteiger partial charge in [-0.3, -0.25) is 9.59 Å². The van der Waals surface area contributed by atoms with Gasteiger partial charge in [0.25, 0.3) is 0 Å². The Morgan fingerprint density at radius 2 is 0.705 bits per heavy atom. The summed E-state index contributed by atoms with van der Waals surface area (Å²) in [4.78, 5) is 32.7. The first-order chi connectivity index (χ1) is 21.6. The summed E-state index contributed by atoms with van der Waals surface area (Å²) in [6, 6.07) is 0. The van der Waals surface area contributed by atoms with Crippen molar-refractivity contribution in [2.45, 2.75) is 25.7 Å². The number of carbonyl (C=O) groups excluding carboxylic acids is 2. The fourth-order valence-electron chi connectivity index (χ4n) is 2.95. The van der Waals surface area contributed by atoms with Gasteiger partial charge in [-0.15, -0.1) is 0 Å². The van der Waals surface area contributed by atoms with E-state index in [0.717, 1.165) is 6.08 Å². The van der Waals surface area contributed by atoms with Crippen LogP contribution < -0.4 is 0 Å². The van der Waals surface area contributed by atoms with Crippen LogP contribution in [0.3, 0.4) is 0 Å². The molecule has 0 aliphatic carbocycles. The Morgan fingerprint density at radius 1 is 0.432 bits per heavy atom. The lowest BCUT2D eigenvalue weighted by molar-refractivity contribution is -0.146. The average molecular weight is 641 g/mol. The zero-order chi connectivity index (χ0) is 32.2. The Kier molecular flexibility index (Phi) is 33.5. The summed E-state index contributed by atoms with van der Waals surface area (Å²) in [6.07, 6.45) is 2.33. The molecule has 0 radical (unpaired) electrons. The second kappa shape index (κ2) is 35.3. The van der Waals surface area contributed by atoms with Gasteiger partial charge in [0.1, 0.15) is 13.2 Å². The molecular weight excluding hydrogens is 588 g/mol. The van der Waals surface area contributed by atoms with Gasteiger partial charge in [-0.25, -0.2) is 4.79 Å². The molecule has 0 amide bonds. The number of rotatable bonds is 36. The van der Waals surface area contributed by atoms with Crippen molar-refractivity contribution in [2.75, 3.05) is 132 Å². The van der Waals surface area contributed by atoms with Crippen molar-refractivity contribution in [2.24, 2.45) is 0 Å². The summed E-state index contributed by atoms with van der Waals surface area (Å²) in [5.41, 5.74) is 0. The van der Waals surface area contributed by atoms with E-state index in [-0.39, 0.29) is 38.6 Å². The van der Waals surface area contributed by atoms with Crippen LogP contribution in [0, 0.1) is 0 Å². The van der Waals surface area contributed by atoms with Gasteiger partial charge in [0.05, 0.1) is 119 Å². The fraction of sp³-hybridized carbons (Fsp3) is 0.828. The predicted octanol–water partition coefficient (Wildman–Crippen LogP) is 1.05. The summed E-state index contributed by atoms with van der Waals surface area (Å²) in [6.45, 7) is 11.4. The lowest BCUT2D eigenvalue weighted by Gasteiger charge is -2.09. The number of carboxylic acids is 1. The molecule has 0 aliphatic rings. The molecule has 0 aliphatic heterocycles. The maximum absolute atomic E-state index is 11.5. The first kappa shape index (κ1) is 41.8. The number of esters is 2. The highest BCUT2D eigenvalue weighted by atomic mass is 16.6. The maximum Gasteiger partial charge on any atom is 0.330 e. The second-order valence-corrected chi connectivity index (χ2v) is 8.70. The molecule has 44 heavy (non-hydrogen) atoms. The third-order valence-electron chi connectivity index (χ3n) is 5.13. The summed E-state index contributed by atoms with van der Waals surface area (Å²) >= 11 is 0. The fourth-order valence-corrected chi connectivity index (χ4v) is 2.95. The first-order valence-electron chi connectivity index (χ1n) is 14.9. The normalized spacial score (nSPS) is 11.0. The summed E-state index contributed by atoms with van der Waals surface area (Å²) in [5, 5.41) is 8.54. The van der Waals surface area contributed by atoms with E-state index in [1.54, 1.807) is 0 Å². The van der Waals surface area contributed by atoms with E-state index in [0.29, 0.717) is 125 Å². The van der Waals surface area contributed by atoms with Gasteiger partial charge >= 0.3 is 17.9 Å². The van der Waals surface area contributed by atoms with Gasteiger partial charge in [-0.05, 0) is 12.8 Å². The smallest absolute Gasteiger partial charge is 0.330 e. The molecule has 0 aromatic carbocycles. The Hall–Kier alpha value is -2.21. The molecule has 1 N–H and O–H groups in total. The number of ether oxygens (including phenoxy) is 11. The van der Waals surface area contributed by atoms with Crippen LogP contribution in [0.1, 0.15) is 25.7 Å². The Bertz CT molecular complexity index is 677. The van der Waals surface area contributed by atoms with E-state index in [2.05, 4.69) is 6.58 Å². The molecule has 0 aromatic heterocycles. The van der Waals surface area contributed by atoms with Crippen LogP contribution in [0.15, 0.2) is 12.7 Å². The molecule has 0 aromatic rings. The first-order valence-corrected chi connectivity index (χ1v) is 14.9. The molecule has 0 unspecified atom stereocenters. The highest BCUT2D eigenvalue weighted by molar-refractivity contribution is 5.81. The quantitative estimate of drug-likeness (QED) is 0.0584. The number of hydrogen-bond donors (Lipinski definition) is 1. The lowest BCUT2D eigenvalue weighted by Crippen LogP contribution is -2.15. The molecule has 0 heterocycles. The standard InChI is InChI=1S/C29H52O15/c1-2-28(32)43-25-23-41-21-19-39-17-15-37-13-11-35-9-7-34-8-10-36-12-14-38-16-18-40-20-22-42-24-26-44-29(33)6-4-3-5-27(30)31/h2H,1,3-26H2,(H,30,31). The largest absolute Gasteiger partial charge is 0.481 e. The number of hydrogen-bond acceptors (Lipinski definition) is 14. The van der Waals surface area contributed by atoms with E-state index in [1.165, 1.54) is 0 Å². The van der Waals surface area contributed by atoms with Crippen LogP contribution >= 0.6 is 0 Å². The molecule has 0 spiro atoms. The molecule has 0 atom stereocenters. The topological polar surface area (TPSA) is 173 Å². The van der Waals surface area contributed by atoms with E-state index >= 15 is 0 Å². The van der Waals surface area contributed by atoms with E-state index in [1.807, 2.05) is 0 Å². The molecule has 0 fully saturated rings. The van der Waals surface area contributed by atoms with Gasteiger partial charge in [-0.1, -0.05) is 6.58 Å². The summed E-state index contributed by atoms with van der Waals surface area (Å²) < 4.78 is 58.2. The van der Waals surface area contributed by atoms with Crippen molar-refractivity contribution >= 4 is 17.9 Å². The zero-order valence-electron chi connectivity index (χ0n) is 25.9. The third kappa shape index (κ3) is 36.0. The van der Waals surface area contributed by atoms with Crippen LogP contribution in [0.5, 0.6) is 0 Å². The van der Waals surface area contributed by atoms with Gasteiger partial charge < -0.3 is 57.2 Å². The summed E-state index contributed by atoms with van der Waals surface area (Å²) in [7, 11) is 0. The minimum Gasteiger partial charge on any atom is -0.481 e. The molecule has 0 saturated heterocycles. The second-order valence-electron chi connectivity index (χ2n) is 8.70. The van der Waals surface area contributed by atoms with Gasteiger partial charge in [0, 0.05) is 18.9 Å². The Morgan fingerprint density at radius 3 is 1.00 bits per heavy atom. The molecule has 15 nitrogen and oxygen atoms in total. The van der Waals surface area contributed by atoms with E-state index in [9.17, 15) is 14.4 Å². The molecule has 258 valence electrons. The number of carboxylic acid groups (broad SMARTS) is 1. The Labute approximate surface area is 260 Å². The lowest BCUT2D eigenvalue weighted by atomic mass is 10.2. The van der Waals surface area contributed by atoms with Gasteiger partial charge in [0.2, 0.25) is 0 Å². The minimum atomic E-state index is -0.866. The van der Waals surface area contributed by atoms with Crippen LogP contribution in [0.25, 0.3) is 0 Å². The van der Waals surface area contributed by atoms with E-state index in [4.69, 9.17) is 57.2 Å². The van der Waals surface area contributed by atoms with Crippen LogP contribution in [-0.2, 0) is 66.5 Å². The average Bonchev–Trinajstić information content (AvgIpc) is 3.01. The van der Waals surface area contributed by atoms with Crippen molar-refractivity contribution < 1.29 is 71.6 Å². The number of carbonyl (C=O) groups is 3. The van der Waals surface area contributed by atoms with Crippen LogP contribution in [-0.4, -0.2) is 155 Å². The third-order valence-corrected chi connectivity index (χ3v) is 5.13. The van der Waals surface area contributed by atoms with Crippen LogP contribution in [0.2, 0.25) is 0 Å². The highest BCUT2D eigenvalue weighted by Crippen LogP contribution is 2.01. The van der Waals surface area contributed by atoms with Crippen LogP contribution in [0.4, 0.5) is 0 Å². The molecular formula is C29H52O15. The van der Waals surface area contributed by atoms with Gasteiger partial charge in [0.15, 0.2) is 0 Å². The van der Waals surface area contributed by atoms with E-state index < -0.39 is 11.9 Å². The van der Waals surface area contributed by atoms with Crippen molar-refractivity contribution in [1.29, 1.82) is 0 Å². The SMILES string of the molecule is C=CC(=O)OCCOCCOCCOCCOCCOCCOCCOCCOCCOCCOC(=O)CCCCC(=O)O. The van der Waals surface area contributed by atoms with Crippen molar-refractivity contribution in [3.8, 4) is 0 Å². The molecule has 15 heteroatoms. The monoisotopic (exact) mass is 640 g/mol. The van der Waals surface area contributed by atoms with Crippen molar-refractivity contribution in [3.63, 3.8) is 0 Å². The van der Waals surface area contributed by atoms with Crippen molar-refractivity contribution in [3.05, 3.63) is 12.7 Å². The van der Waals surface area contributed by atoms with Gasteiger partial charge in [-0.2, -0.15) is 0 Å². The maximum atomic E-state index is 11.5. The molecule has 0 saturated carbocycles. The molecule has 0 rings (SSSR count). The summed E-state index contributed by atoms with van der Waals surface area (Å²) in [5.74, 6) is -1.68. The Balaban J connectivity index is 3.11. The highest BCUT2D eigenvalue weighted by Gasteiger charge is 2.04. The minimum absolute atomic E-state index is 0.0570. The molecule has 0 bridgehead atoms. The predicted molar refractivity (Wildman–Crippen MR) is 156 cm³/mol. The van der Waals surface area contributed by atoms with Crippen molar-refractivity contribution in [1.82, 2.24) is 0 Å². The number of unbranched alkanes of at least 4 members (excludes halogenated alkanes) is 1.